The van der Waals surface area contributed by atoms with Gasteiger partial charge in [0.2, 0.25) is 11.9 Å². The van der Waals surface area contributed by atoms with E-state index >= 15 is 0 Å². The fraction of sp³-hybridized carbons (Fsp3) is 0.379. The molecule has 0 saturated carbocycles. The van der Waals surface area contributed by atoms with Crippen LogP contribution in [-0.2, 0) is 9.53 Å². The Morgan fingerprint density at radius 1 is 1.02 bits per heavy atom. The minimum absolute atomic E-state index is 0.0190. The predicted octanol–water partition coefficient (Wildman–Crippen LogP) is 4.90. The molecular formula is C29H33N9O4. The van der Waals surface area contributed by atoms with E-state index in [9.17, 15) is 14.9 Å². The summed E-state index contributed by atoms with van der Waals surface area (Å²) in [5, 5.41) is 23.5. The Hall–Kier alpha value is -4.78. The Morgan fingerprint density at radius 2 is 1.81 bits per heavy atom. The summed E-state index contributed by atoms with van der Waals surface area (Å²) in [7, 11) is 0. The zero-order valence-corrected chi connectivity index (χ0v) is 23.6. The Morgan fingerprint density at radius 3 is 2.50 bits per heavy atom. The summed E-state index contributed by atoms with van der Waals surface area (Å²) in [6, 6.07) is 14.3. The Labute approximate surface area is 242 Å². The topological polar surface area (TPSA) is 144 Å². The van der Waals surface area contributed by atoms with Gasteiger partial charge >= 0.3 is 0 Å². The van der Waals surface area contributed by atoms with Crippen LogP contribution in [-0.4, -0.2) is 68.3 Å². The van der Waals surface area contributed by atoms with Crippen LogP contribution in [0.2, 0.25) is 0 Å². The number of aryl methyl sites for hydroxylation is 1. The zero-order chi connectivity index (χ0) is 29.2. The maximum absolute atomic E-state index is 11.7. The molecule has 0 bridgehead atoms. The molecule has 4 heterocycles. The number of benzene rings is 2. The van der Waals surface area contributed by atoms with Crippen LogP contribution in [0, 0.1) is 17.0 Å². The largest absolute Gasteiger partial charge is 0.368 e. The van der Waals surface area contributed by atoms with Crippen LogP contribution >= 0.6 is 0 Å². The summed E-state index contributed by atoms with van der Waals surface area (Å²) in [6.45, 7) is 7.15. The van der Waals surface area contributed by atoms with Gasteiger partial charge < -0.3 is 25.2 Å². The number of aromatic nitrogens is 4. The number of nitro groups is 1. The van der Waals surface area contributed by atoms with Crippen molar-refractivity contribution in [1.82, 2.24) is 24.6 Å². The Balaban J connectivity index is 1.31. The predicted molar refractivity (Wildman–Crippen MR) is 159 cm³/mol. The van der Waals surface area contributed by atoms with Gasteiger partial charge in [-0.2, -0.15) is 15.1 Å². The van der Waals surface area contributed by atoms with Crippen LogP contribution in [0.3, 0.4) is 0 Å². The van der Waals surface area contributed by atoms with Crippen molar-refractivity contribution in [2.75, 3.05) is 48.3 Å². The highest BCUT2D eigenvalue weighted by Gasteiger charge is 2.24. The smallest absolute Gasteiger partial charge is 0.271 e. The number of fused-ring (bicyclic) bond motifs is 1. The van der Waals surface area contributed by atoms with E-state index in [4.69, 9.17) is 19.8 Å². The second-order valence-corrected chi connectivity index (χ2v) is 10.5. The molecule has 218 valence electrons. The molecule has 2 aromatic heterocycles. The van der Waals surface area contributed by atoms with Crippen LogP contribution in [0.25, 0.3) is 11.0 Å². The van der Waals surface area contributed by atoms with Gasteiger partial charge in [-0.05, 0) is 56.5 Å². The second kappa shape index (κ2) is 11.6. The van der Waals surface area contributed by atoms with Gasteiger partial charge in [0.15, 0.2) is 11.9 Å². The van der Waals surface area contributed by atoms with Crippen molar-refractivity contribution in [2.24, 2.45) is 0 Å². The fourth-order valence-electron chi connectivity index (χ4n) is 5.47. The Kier molecular flexibility index (Phi) is 7.57. The molecule has 0 spiro atoms. The number of amides is 1. The molecule has 2 saturated heterocycles. The number of anilines is 5. The van der Waals surface area contributed by atoms with E-state index in [1.54, 1.807) is 19.1 Å². The number of piperazine rings is 1. The van der Waals surface area contributed by atoms with Crippen LogP contribution in [0.15, 0.2) is 48.5 Å². The van der Waals surface area contributed by atoms with Gasteiger partial charge in [-0.15, -0.1) is 0 Å². The Bertz CT molecular complexity index is 1610. The van der Waals surface area contributed by atoms with Crippen LogP contribution in [0.5, 0.6) is 0 Å². The van der Waals surface area contributed by atoms with E-state index in [0.717, 1.165) is 54.8 Å². The summed E-state index contributed by atoms with van der Waals surface area (Å²) in [4.78, 5) is 36.4. The van der Waals surface area contributed by atoms with Gasteiger partial charge in [0.1, 0.15) is 5.82 Å². The third-order valence-corrected chi connectivity index (χ3v) is 7.69. The summed E-state index contributed by atoms with van der Waals surface area (Å²) in [6.07, 6.45) is 2.65. The molecule has 13 nitrogen and oxygen atoms in total. The molecule has 6 rings (SSSR count). The molecule has 2 aliphatic heterocycles. The number of carbonyl (C=O) groups excluding carboxylic acids is 1. The van der Waals surface area contributed by atoms with E-state index in [-0.39, 0.29) is 17.8 Å². The van der Waals surface area contributed by atoms with Crippen molar-refractivity contribution in [2.45, 2.75) is 39.3 Å². The summed E-state index contributed by atoms with van der Waals surface area (Å²) >= 11 is 0. The third-order valence-electron chi connectivity index (χ3n) is 7.69. The van der Waals surface area contributed by atoms with Gasteiger partial charge in [-0.1, -0.05) is 6.07 Å². The molecule has 2 fully saturated rings. The molecule has 2 aliphatic rings. The molecule has 2 aromatic carbocycles. The maximum Gasteiger partial charge on any atom is 0.271 e. The van der Waals surface area contributed by atoms with Crippen molar-refractivity contribution in [3.8, 4) is 0 Å². The molecule has 1 atom stereocenters. The van der Waals surface area contributed by atoms with E-state index in [2.05, 4.69) is 15.5 Å². The lowest BCUT2D eigenvalue weighted by Gasteiger charge is -2.35. The first-order chi connectivity index (χ1) is 20.4. The number of hydrogen-bond acceptors (Lipinski definition) is 10. The highest BCUT2D eigenvalue weighted by Crippen LogP contribution is 2.33. The number of nitro benzene ring substituents is 1. The molecule has 1 unspecified atom stereocenters. The summed E-state index contributed by atoms with van der Waals surface area (Å²) in [5.41, 5.74) is 3.74. The molecule has 2 N–H and O–H groups in total. The number of carbonyl (C=O) groups is 1. The SMILES string of the molecule is CC(=O)N1CCN(c2ccc(Nc3nc(Nc4cccc([N+](=O)[O-])c4)c4c(C)nn(C5CCCCO5)c4n3)cc2)CC1. The highest BCUT2D eigenvalue weighted by atomic mass is 16.6. The fourth-order valence-corrected chi connectivity index (χ4v) is 5.47. The maximum atomic E-state index is 11.7. The summed E-state index contributed by atoms with van der Waals surface area (Å²) < 4.78 is 7.85. The molecular weight excluding hydrogens is 538 g/mol. The van der Waals surface area contributed by atoms with Gasteiger partial charge in [-0.25, -0.2) is 4.68 Å². The minimum atomic E-state index is -0.426. The number of rotatable bonds is 7. The molecule has 13 heteroatoms. The molecule has 4 aromatic rings. The number of hydrogen-bond donors (Lipinski definition) is 2. The van der Waals surface area contributed by atoms with Gasteiger partial charge in [-0.3, -0.25) is 14.9 Å². The van der Waals surface area contributed by atoms with Gasteiger partial charge in [0.25, 0.3) is 5.69 Å². The van der Waals surface area contributed by atoms with E-state index in [0.29, 0.717) is 42.8 Å². The standard InChI is InChI=1S/C29H33N9O4/c1-19-26-27(30-22-6-5-7-24(18-22)38(40)41)32-29(33-28(26)37(34-19)25-8-3-4-17-42-25)31-21-9-11-23(12-10-21)36-15-13-35(14-16-36)20(2)39/h5-7,9-12,18,25H,3-4,8,13-17H2,1-2H3,(H2,30,31,32,33). The van der Waals surface area contributed by atoms with E-state index in [1.807, 2.05) is 40.8 Å². The highest BCUT2D eigenvalue weighted by molar-refractivity contribution is 5.92. The number of nitrogens with one attached hydrogen (secondary N) is 2. The summed E-state index contributed by atoms with van der Waals surface area (Å²) in [5.74, 6) is 0.954. The van der Waals surface area contributed by atoms with Crippen molar-refractivity contribution in [1.29, 1.82) is 0 Å². The number of non-ortho nitro benzene ring substituents is 1. The second-order valence-electron chi connectivity index (χ2n) is 10.5. The van der Waals surface area contributed by atoms with Crippen molar-refractivity contribution in [3.63, 3.8) is 0 Å². The zero-order valence-electron chi connectivity index (χ0n) is 23.6. The first kappa shape index (κ1) is 27.4. The molecule has 1 amide bonds. The average Bonchev–Trinajstić information content (AvgIpc) is 3.34. The van der Waals surface area contributed by atoms with Crippen molar-refractivity contribution < 1.29 is 14.5 Å². The van der Waals surface area contributed by atoms with Crippen molar-refractivity contribution >= 4 is 51.5 Å². The first-order valence-corrected chi connectivity index (χ1v) is 14.1. The van der Waals surface area contributed by atoms with Crippen LogP contribution in [0.4, 0.5) is 34.5 Å². The third kappa shape index (κ3) is 5.68. The monoisotopic (exact) mass is 571 g/mol. The minimum Gasteiger partial charge on any atom is -0.368 e. The van der Waals surface area contributed by atoms with Gasteiger partial charge in [0, 0.05) is 68.9 Å². The molecule has 42 heavy (non-hydrogen) atoms. The van der Waals surface area contributed by atoms with Crippen LogP contribution < -0.4 is 15.5 Å². The lowest BCUT2D eigenvalue weighted by atomic mass is 10.2. The average molecular weight is 572 g/mol. The van der Waals surface area contributed by atoms with Crippen LogP contribution in [0.1, 0.15) is 38.1 Å². The lowest BCUT2D eigenvalue weighted by molar-refractivity contribution is -0.384. The quantitative estimate of drug-likeness (QED) is 0.232. The molecule has 0 radical (unpaired) electrons. The van der Waals surface area contributed by atoms with Crippen molar-refractivity contribution in [3.05, 3.63) is 64.3 Å². The van der Waals surface area contributed by atoms with E-state index in [1.165, 1.54) is 12.1 Å². The molecule has 0 aliphatic carbocycles. The lowest BCUT2D eigenvalue weighted by Crippen LogP contribution is -2.48. The normalized spacial score (nSPS) is 17.3. The first-order valence-electron chi connectivity index (χ1n) is 14.1. The number of nitrogens with zero attached hydrogens (tertiary/aromatic N) is 7. The number of ether oxygens (including phenoxy) is 1. The van der Waals surface area contributed by atoms with Gasteiger partial charge in [0.05, 0.1) is 16.0 Å². The van der Waals surface area contributed by atoms with E-state index < -0.39 is 4.92 Å².